The molecule has 0 amide bonds. The van der Waals surface area contributed by atoms with Crippen LogP contribution in [0.2, 0.25) is 0 Å². The summed E-state index contributed by atoms with van der Waals surface area (Å²) in [5.41, 5.74) is 5.27. The summed E-state index contributed by atoms with van der Waals surface area (Å²) in [7, 11) is 1.56. The molecule has 2 N–H and O–H groups in total. The average Bonchev–Trinajstić information content (AvgIpc) is 2.32. The molecule has 0 aromatic carbocycles. The lowest BCUT2D eigenvalue weighted by Crippen LogP contribution is -2.29. The molecule has 0 spiro atoms. The van der Waals surface area contributed by atoms with E-state index in [9.17, 15) is 0 Å². The largest absolute Gasteiger partial charge is 0.472 e. The molecule has 0 bridgehead atoms. The number of hydrogen-bond donors (Lipinski definition) is 1. The Morgan fingerprint density at radius 2 is 2.18 bits per heavy atom. The van der Waals surface area contributed by atoms with E-state index in [2.05, 4.69) is 9.36 Å². The maximum Gasteiger partial charge on any atom is 0.292 e. The molecule has 0 fully saturated rings. The molecular formula is C6H11N3OS. The Morgan fingerprint density at radius 1 is 1.55 bits per heavy atom. The van der Waals surface area contributed by atoms with Crippen molar-refractivity contribution in [2.24, 2.45) is 5.73 Å². The van der Waals surface area contributed by atoms with Crippen LogP contribution in [0.1, 0.15) is 19.7 Å². The lowest BCUT2D eigenvalue weighted by Gasteiger charge is -2.12. The van der Waals surface area contributed by atoms with Gasteiger partial charge in [-0.2, -0.15) is 9.36 Å². The van der Waals surface area contributed by atoms with Crippen LogP contribution in [0.3, 0.4) is 0 Å². The van der Waals surface area contributed by atoms with Crippen LogP contribution in [0.4, 0.5) is 0 Å². The zero-order valence-corrected chi connectivity index (χ0v) is 7.60. The van der Waals surface area contributed by atoms with E-state index in [0.717, 1.165) is 0 Å². The molecule has 1 aromatic rings. The number of methoxy groups -OCH3 is 1. The summed E-state index contributed by atoms with van der Waals surface area (Å²) in [6, 6.07) is 0. The molecule has 0 aliphatic rings. The molecule has 0 aliphatic carbocycles. The van der Waals surface area contributed by atoms with Gasteiger partial charge in [0, 0.05) is 11.5 Å². The molecule has 4 nitrogen and oxygen atoms in total. The van der Waals surface area contributed by atoms with Gasteiger partial charge in [0.15, 0.2) is 5.82 Å². The Kier molecular flexibility index (Phi) is 2.10. The van der Waals surface area contributed by atoms with Crippen molar-refractivity contribution in [1.82, 2.24) is 9.36 Å². The van der Waals surface area contributed by atoms with Crippen LogP contribution in [-0.4, -0.2) is 16.5 Å². The fourth-order valence-corrected chi connectivity index (χ4v) is 1.20. The van der Waals surface area contributed by atoms with E-state index in [1.807, 2.05) is 13.8 Å². The Bertz CT molecular complexity index is 240. The Hall–Kier alpha value is -0.680. The van der Waals surface area contributed by atoms with Gasteiger partial charge >= 0.3 is 0 Å². The third-order valence-corrected chi connectivity index (χ3v) is 1.84. The topological polar surface area (TPSA) is 61.0 Å². The highest BCUT2D eigenvalue weighted by Gasteiger charge is 2.19. The summed E-state index contributed by atoms with van der Waals surface area (Å²) < 4.78 is 8.92. The highest BCUT2D eigenvalue weighted by atomic mass is 32.1. The molecule has 0 saturated carbocycles. The van der Waals surface area contributed by atoms with Crippen LogP contribution in [0.25, 0.3) is 0 Å². The van der Waals surface area contributed by atoms with Gasteiger partial charge in [0.05, 0.1) is 12.6 Å². The zero-order valence-electron chi connectivity index (χ0n) is 6.79. The molecule has 0 saturated heterocycles. The van der Waals surface area contributed by atoms with Crippen LogP contribution in [0.15, 0.2) is 0 Å². The van der Waals surface area contributed by atoms with Gasteiger partial charge in [-0.15, -0.1) is 0 Å². The van der Waals surface area contributed by atoms with Crippen LogP contribution in [0.5, 0.6) is 5.19 Å². The van der Waals surface area contributed by atoms with E-state index in [1.165, 1.54) is 11.5 Å². The van der Waals surface area contributed by atoms with Gasteiger partial charge in [0.1, 0.15) is 0 Å². The third kappa shape index (κ3) is 1.87. The van der Waals surface area contributed by atoms with Gasteiger partial charge in [0.25, 0.3) is 5.19 Å². The predicted molar refractivity (Wildman–Crippen MR) is 43.7 cm³/mol. The fourth-order valence-electron chi connectivity index (χ4n) is 0.554. The minimum atomic E-state index is -0.479. The summed E-state index contributed by atoms with van der Waals surface area (Å²) in [5.74, 6) is 0.624. The molecule has 0 aliphatic heterocycles. The first-order valence-corrected chi connectivity index (χ1v) is 3.98. The van der Waals surface area contributed by atoms with E-state index in [-0.39, 0.29) is 0 Å². The summed E-state index contributed by atoms with van der Waals surface area (Å²) in [6.07, 6.45) is 0. The van der Waals surface area contributed by atoms with Crippen molar-refractivity contribution in [1.29, 1.82) is 0 Å². The van der Waals surface area contributed by atoms with E-state index < -0.39 is 5.54 Å². The van der Waals surface area contributed by atoms with Gasteiger partial charge in [-0.05, 0) is 13.8 Å². The normalized spacial score (nSPS) is 11.6. The Morgan fingerprint density at radius 3 is 2.45 bits per heavy atom. The Balaban J connectivity index is 2.89. The Labute approximate surface area is 69.6 Å². The average molecular weight is 173 g/mol. The summed E-state index contributed by atoms with van der Waals surface area (Å²) >= 11 is 1.21. The van der Waals surface area contributed by atoms with Crippen molar-refractivity contribution < 1.29 is 4.74 Å². The standard InChI is InChI=1S/C6H11N3OS/c1-6(2,7)4-8-5(10-3)11-9-4/h7H2,1-3H3. The fraction of sp³-hybridized carbons (Fsp3) is 0.667. The van der Waals surface area contributed by atoms with E-state index in [0.29, 0.717) is 11.0 Å². The van der Waals surface area contributed by atoms with Crippen molar-refractivity contribution in [3.63, 3.8) is 0 Å². The number of ether oxygens (including phenoxy) is 1. The van der Waals surface area contributed by atoms with Crippen LogP contribution in [0, 0.1) is 0 Å². The summed E-state index contributed by atoms with van der Waals surface area (Å²) in [4.78, 5) is 4.06. The molecule has 1 aromatic heterocycles. The molecule has 0 atom stereocenters. The first-order chi connectivity index (χ1) is 5.04. The van der Waals surface area contributed by atoms with Crippen molar-refractivity contribution >= 4 is 11.5 Å². The van der Waals surface area contributed by atoms with Crippen molar-refractivity contribution in [2.45, 2.75) is 19.4 Å². The van der Waals surface area contributed by atoms with Crippen molar-refractivity contribution in [2.75, 3.05) is 7.11 Å². The van der Waals surface area contributed by atoms with Gasteiger partial charge in [0.2, 0.25) is 0 Å². The van der Waals surface area contributed by atoms with Crippen molar-refractivity contribution in [3.8, 4) is 5.19 Å². The monoisotopic (exact) mass is 173 g/mol. The lowest BCUT2D eigenvalue weighted by atomic mass is 10.1. The smallest absolute Gasteiger partial charge is 0.292 e. The zero-order chi connectivity index (χ0) is 8.48. The summed E-state index contributed by atoms with van der Waals surface area (Å²) in [5, 5.41) is 0.554. The van der Waals surface area contributed by atoms with E-state index >= 15 is 0 Å². The van der Waals surface area contributed by atoms with Gasteiger partial charge in [-0.1, -0.05) is 0 Å². The number of nitrogens with two attached hydrogens (primary N) is 1. The number of nitrogens with zero attached hydrogens (tertiary/aromatic N) is 2. The quantitative estimate of drug-likeness (QED) is 0.716. The minimum Gasteiger partial charge on any atom is -0.472 e. The van der Waals surface area contributed by atoms with Crippen LogP contribution < -0.4 is 10.5 Å². The van der Waals surface area contributed by atoms with Gasteiger partial charge in [-0.3, -0.25) is 0 Å². The highest BCUT2D eigenvalue weighted by Crippen LogP contribution is 2.19. The number of hydrogen-bond acceptors (Lipinski definition) is 5. The van der Waals surface area contributed by atoms with E-state index in [4.69, 9.17) is 10.5 Å². The number of aromatic nitrogens is 2. The van der Waals surface area contributed by atoms with Crippen molar-refractivity contribution in [3.05, 3.63) is 5.82 Å². The van der Waals surface area contributed by atoms with Gasteiger partial charge in [-0.25, -0.2) is 0 Å². The first-order valence-electron chi connectivity index (χ1n) is 3.21. The predicted octanol–water partition coefficient (Wildman–Crippen LogP) is 0.740. The molecule has 62 valence electrons. The van der Waals surface area contributed by atoms with Gasteiger partial charge < -0.3 is 10.5 Å². The maximum absolute atomic E-state index is 5.75. The van der Waals surface area contributed by atoms with Crippen LogP contribution in [-0.2, 0) is 5.54 Å². The SMILES string of the molecule is COc1nc(C(C)(C)N)ns1. The second-order valence-electron chi connectivity index (χ2n) is 2.81. The van der Waals surface area contributed by atoms with E-state index in [1.54, 1.807) is 7.11 Å². The molecule has 1 heterocycles. The second-order valence-corrected chi connectivity index (χ2v) is 3.52. The summed E-state index contributed by atoms with van der Waals surface area (Å²) in [6.45, 7) is 3.71. The second kappa shape index (κ2) is 2.75. The molecule has 11 heavy (non-hydrogen) atoms. The first kappa shape index (κ1) is 8.42. The molecule has 5 heteroatoms. The van der Waals surface area contributed by atoms with Crippen LogP contribution >= 0.6 is 11.5 Å². The molecule has 0 unspecified atom stereocenters. The molecule has 0 radical (unpaired) electrons. The highest BCUT2D eigenvalue weighted by molar-refractivity contribution is 7.07. The molecule has 1 rings (SSSR count). The molecular weight excluding hydrogens is 162 g/mol. The third-order valence-electron chi connectivity index (χ3n) is 1.16. The maximum atomic E-state index is 5.75. The lowest BCUT2D eigenvalue weighted by molar-refractivity contribution is 0.405. The minimum absolute atomic E-state index is 0.479. The number of rotatable bonds is 2.